The van der Waals surface area contributed by atoms with Crippen molar-refractivity contribution in [2.45, 2.75) is 52.1 Å². The summed E-state index contributed by atoms with van der Waals surface area (Å²) in [5.41, 5.74) is -0.324. The fourth-order valence-corrected chi connectivity index (χ4v) is 2.68. The van der Waals surface area contributed by atoms with E-state index in [0.717, 1.165) is 12.8 Å². The van der Waals surface area contributed by atoms with Crippen LogP contribution in [-0.4, -0.2) is 42.0 Å². The van der Waals surface area contributed by atoms with Crippen LogP contribution >= 0.6 is 0 Å². The standard InChI is InChI=1S/C14H23FN2O2/c1-14(2,3)11-13(19)17(8-4-7-15)10(9-5-6-9)12(18)16-11/h9-11H,4-8H2,1-3H3,(H,16,18). The summed E-state index contributed by atoms with van der Waals surface area (Å²) in [4.78, 5) is 26.4. The van der Waals surface area contributed by atoms with E-state index in [-0.39, 0.29) is 29.2 Å². The van der Waals surface area contributed by atoms with E-state index in [9.17, 15) is 14.0 Å². The van der Waals surface area contributed by atoms with Crippen molar-refractivity contribution in [3.05, 3.63) is 0 Å². The maximum atomic E-state index is 12.6. The second kappa shape index (κ2) is 5.10. The Morgan fingerprint density at radius 1 is 1.32 bits per heavy atom. The predicted octanol–water partition coefficient (Wildman–Crippen LogP) is 1.50. The second-order valence-corrected chi connectivity index (χ2v) is 6.66. The predicted molar refractivity (Wildman–Crippen MR) is 70.2 cm³/mol. The molecule has 0 aromatic heterocycles. The average molecular weight is 270 g/mol. The van der Waals surface area contributed by atoms with Gasteiger partial charge in [-0.05, 0) is 30.6 Å². The van der Waals surface area contributed by atoms with E-state index >= 15 is 0 Å². The quantitative estimate of drug-likeness (QED) is 0.841. The Kier molecular flexibility index (Phi) is 3.83. The minimum absolute atomic E-state index is 0.0579. The Balaban J connectivity index is 2.20. The van der Waals surface area contributed by atoms with Gasteiger partial charge in [0.2, 0.25) is 11.8 Å². The lowest BCUT2D eigenvalue weighted by Gasteiger charge is -2.43. The zero-order valence-electron chi connectivity index (χ0n) is 11.9. The Labute approximate surface area is 113 Å². The van der Waals surface area contributed by atoms with Crippen molar-refractivity contribution in [1.82, 2.24) is 10.2 Å². The molecular weight excluding hydrogens is 247 g/mol. The molecule has 108 valence electrons. The number of carbonyl (C=O) groups excluding carboxylic acids is 2. The van der Waals surface area contributed by atoms with E-state index in [1.165, 1.54) is 0 Å². The molecule has 1 N–H and O–H groups in total. The van der Waals surface area contributed by atoms with Crippen LogP contribution in [0.2, 0.25) is 0 Å². The lowest BCUT2D eigenvalue weighted by molar-refractivity contribution is -0.153. The molecule has 1 aliphatic carbocycles. The summed E-state index contributed by atoms with van der Waals surface area (Å²) in [6.07, 6.45) is 2.27. The van der Waals surface area contributed by atoms with Gasteiger partial charge in [0, 0.05) is 6.54 Å². The Hall–Kier alpha value is -1.13. The number of hydrogen-bond donors (Lipinski definition) is 1. The van der Waals surface area contributed by atoms with Crippen LogP contribution in [0.15, 0.2) is 0 Å². The van der Waals surface area contributed by atoms with Crippen molar-refractivity contribution in [2.24, 2.45) is 11.3 Å². The summed E-state index contributed by atoms with van der Waals surface area (Å²) in [5.74, 6) is 0.141. The third kappa shape index (κ3) is 2.90. The van der Waals surface area contributed by atoms with E-state index in [1.54, 1.807) is 4.90 Å². The number of rotatable bonds is 4. The van der Waals surface area contributed by atoms with Gasteiger partial charge >= 0.3 is 0 Å². The minimum Gasteiger partial charge on any atom is -0.342 e. The van der Waals surface area contributed by atoms with Crippen LogP contribution in [0.1, 0.15) is 40.0 Å². The third-order valence-electron chi connectivity index (χ3n) is 3.89. The number of alkyl halides is 1. The highest BCUT2D eigenvalue weighted by Crippen LogP contribution is 2.38. The first kappa shape index (κ1) is 14.3. The van der Waals surface area contributed by atoms with Gasteiger partial charge in [0.15, 0.2) is 0 Å². The molecule has 0 spiro atoms. The van der Waals surface area contributed by atoms with Crippen LogP contribution < -0.4 is 5.32 Å². The summed E-state index contributed by atoms with van der Waals surface area (Å²) < 4.78 is 12.4. The lowest BCUT2D eigenvalue weighted by atomic mass is 9.83. The van der Waals surface area contributed by atoms with E-state index in [1.807, 2.05) is 20.8 Å². The molecule has 0 radical (unpaired) electrons. The third-order valence-corrected chi connectivity index (χ3v) is 3.89. The first-order valence-corrected chi connectivity index (χ1v) is 7.03. The Morgan fingerprint density at radius 3 is 2.42 bits per heavy atom. The normalized spacial score (nSPS) is 28.5. The van der Waals surface area contributed by atoms with Gasteiger partial charge in [0.05, 0.1) is 6.67 Å². The highest BCUT2D eigenvalue weighted by molar-refractivity contribution is 5.97. The molecule has 0 aromatic rings. The van der Waals surface area contributed by atoms with Crippen molar-refractivity contribution in [3.63, 3.8) is 0 Å². The molecule has 19 heavy (non-hydrogen) atoms. The van der Waals surface area contributed by atoms with Crippen LogP contribution in [0.5, 0.6) is 0 Å². The van der Waals surface area contributed by atoms with E-state index in [0.29, 0.717) is 13.0 Å². The molecule has 2 unspecified atom stereocenters. The summed E-state index contributed by atoms with van der Waals surface area (Å²) in [6, 6.07) is -0.882. The van der Waals surface area contributed by atoms with Gasteiger partial charge in [0.25, 0.3) is 0 Å². The molecule has 2 atom stereocenters. The fraction of sp³-hybridized carbons (Fsp3) is 0.857. The smallest absolute Gasteiger partial charge is 0.246 e. The summed E-state index contributed by atoms with van der Waals surface area (Å²) >= 11 is 0. The molecule has 0 aromatic carbocycles. The number of nitrogens with zero attached hydrogens (tertiary/aromatic N) is 1. The summed E-state index contributed by atoms with van der Waals surface area (Å²) in [6.45, 7) is 5.68. The molecular formula is C14H23FN2O2. The highest BCUT2D eigenvalue weighted by atomic mass is 19.1. The number of halogens is 1. The van der Waals surface area contributed by atoms with Crippen molar-refractivity contribution in [1.29, 1.82) is 0 Å². The van der Waals surface area contributed by atoms with E-state index in [2.05, 4.69) is 5.32 Å². The van der Waals surface area contributed by atoms with Crippen LogP contribution in [0, 0.1) is 11.3 Å². The van der Waals surface area contributed by atoms with Gasteiger partial charge in [-0.1, -0.05) is 20.8 Å². The van der Waals surface area contributed by atoms with Crippen molar-refractivity contribution < 1.29 is 14.0 Å². The van der Waals surface area contributed by atoms with Crippen LogP contribution in [0.25, 0.3) is 0 Å². The topological polar surface area (TPSA) is 49.4 Å². The number of nitrogens with one attached hydrogen (secondary N) is 1. The maximum Gasteiger partial charge on any atom is 0.246 e. The van der Waals surface area contributed by atoms with Crippen LogP contribution in [0.4, 0.5) is 4.39 Å². The molecule has 1 heterocycles. The van der Waals surface area contributed by atoms with Gasteiger partial charge in [-0.3, -0.25) is 14.0 Å². The SMILES string of the molecule is CC(C)(C)C1NC(=O)C(C2CC2)N(CCCF)C1=O. The van der Waals surface area contributed by atoms with Gasteiger partial charge in [-0.2, -0.15) is 0 Å². The van der Waals surface area contributed by atoms with Crippen molar-refractivity contribution in [2.75, 3.05) is 13.2 Å². The molecule has 1 saturated carbocycles. The molecule has 1 saturated heterocycles. The number of hydrogen-bond acceptors (Lipinski definition) is 2. The second-order valence-electron chi connectivity index (χ2n) is 6.66. The number of piperazine rings is 1. The van der Waals surface area contributed by atoms with Crippen LogP contribution in [0.3, 0.4) is 0 Å². The molecule has 2 aliphatic rings. The molecule has 0 bridgehead atoms. The minimum atomic E-state index is -0.505. The maximum absolute atomic E-state index is 12.6. The molecule has 5 heteroatoms. The number of amides is 2. The van der Waals surface area contributed by atoms with E-state index < -0.39 is 12.7 Å². The summed E-state index contributed by atoms with van der Waals surface area (Å²) in [5, 5.41) is 2.86. The van der Waals surface area contributed by atoms with Crippen LogP contribution in [-0.2, 0) is 9.59 Å². The monoisotopic (exact) mass is 270 g/mol. The first-order valence-electron chi connectivity index (χ1n) is 7.03. The molecule has 1 aliphatic heterocycles. The Morgan fingerprint density at radius 2 is 1.95 bits per heavy atom. The van der Waals surface area contributed by atoms with Gasteiger partial charge in [-0.15, -0.1) is 0 Å². The van der Waals surface area contributed by atoms with Gasteiger partial charge < -0.3 is 10.2 Å². The average Bonchev–Trinajstić information content (AvgIpc) is 3.12. The Bertz CT molecular complexity index is 374. The molecule has 2 rings (SSSR count). The largest absolute Gasteiger partial charge is 0.342 e. The molecule has 4 nitrogen and oxygen atoms in total. The zero-order chi connectivity index (χ0) is 14.2. The van der Waals surface area contributed by atoms with Gasteiger partial charge in [-0.25, -0.2) is 0 Å². The zero-order valence-corrected chi connectivity index (χ0v) is 11.9. The van der Waals surface area contributed by atoms with E-state index in [4.69, 9.17) is 0 Å². The highest BCUT2D eigenvalue weighted by Gasteiger charge is 2.50. The first-order chi connectivity index (χ1) is 8.86. The fourth-order valence-electron chi connectivity index (χ4n) is 2.68. The molecule has 2 fully saturated rings. The molecule has 2 amide bonds. The van der Waals surface area contributed by atoms with Crippen molar-refractivity contribution >= 4 is 11.8 Å². The lowest BCUT2D eigenvalue weighted by Crippen LogP contribution is -2.67. The van der Waals surface area contributed by atoms with Crippen molar-refractivity contribution in [3.8, 4) is 0 Å². The summed E-state index contributed by atoms with van der Waals surface area (Å²) in [7, 11) is 0. The number of carbonyl (C=O) groups is 2. The van der Waals surface area contributed by atoms with Gasteiger partial charge in [0.1, 0.15) is 12.1 Å².